The molecule has 0 saturated carbocycles. The summed E-state index contributed by atoms with van der Waals surface area (Å²) in [5.74, 6) is 0. The third-order valence-corrected chi connectivity index (χ3v) is 1.52. The average Bonchev–Trinajstić information content (AvgIpc) is 2.11. The number of hydrogen-bond donors (Lipinski definition) is 1. The van der Waals surface area contributed by atoms with E-state index in [9.17, 15) is 0 Å². The molecule has 0 unspecified atom stereocenters. The van der Waals surface area contributed by atoms with Gasteiger partial charge in [-0.1, -0.05) is 13.8 Å². The fourth-order valence-corrected chi connectivity index (χ4v) is 1.02. The molecule has 0 aliphatic carbocycles. The molecule has 0 aromatic carbocycles. The Labute approximate surface area is 69.7 Å². The van der Waals surface area contributed by atoms with Crippen LogP contribution in [0.15, 0.2) is 0 Å². The minimum atomic E-state index is 0.779. The summed E-state index contributed by atoms with van der Waals surface area (Å²) in [5, 5.41) is 3.28. The van der Waals surface area contributed by atoms with Crippen molar-refractivity contribution in [2.75, 3.05) is 40.0 Å². The molecule has 3 heteroatoms. The Morgan fingerprint density at radius 3 is 2.27 bits per heavy atom. The van der Waals surface area contributed by atoms with E-state index in [2.05, 4.69) is 10.2 Å². The topological polar surface area (TPSA) is 24.5 Å². The molecule has 0 aromatic rings. The van der Waals surface area contributed by atoms with Gasteiger partial charge in [0, 0.05) is 33.3 Å². The van der Waals surface area contributed by atoms with Crippen LogP contribution < -0.4 is 5.32 Å². The van der Waals surface area contributed by atoms with E-state index in [4.69, 9.17) is 4.74 Å². The molecule has 0 bridgehead atoms. The van der Waals surface area contributed by atoms with Crippen molar-refractivity contribution in [2.24, 2.45) is 0 Å². The number of rotatable bonds is 2. The van der Waals surface area contributed by atoms with Crippen molar-refractivity contribution in [3.63, 3.8) is 0 Å². The van der Waals surface area contributed by atoms with E-state index in [-0.39, 0.29) is 0 Å². The second kappa shape index (κ2) is 7.98. The summed E-state index contributed by atoms with van der Waals surface area (Å²) in [6.07, 6.45) is 0. The quantitative estimate of drug-likeness (QED) is 0.637. The van der Waals surface area contributed by atoms with Crippen LogP contribution in [-0.4, -0.2) is 44.9 Å². The zero-order valence-corrected chi connectivity index (χ0v) is 7.89. The maximum Gasteiger partial charge on any atom is 0.0987 e. The van der Waals surface area contributed by atoms with Crippen molar-refractivity contribution in [2.45, 2.75) is 13.8 Å². The number of piperazine rings is 1. The van der Waals surface area contributed by atoms with Crippen LogP contribution in [0.1, 0.15) is 13.8 Å². The van der Waals surface area contributed by atoms with E-state index in [1.165, 1.54) is 0 Å². The largest absolute Gasteiger partial charge is 0.369 e. The fraction of sp³-hybridized carbons (Fsp3) is 1.00. The molecule has 1 aliphatic heterocycles. The van der Waals surface area contributed by atoms with Crippen molar-refractivity contribution in [1.82, 2.24) is 10.2 Å². The van der Waals surface area contributed by atoms with Crippen LogP contribution in [0.2, 0.25) is 0 Å². The van der Waals surface area contributed by atoms with Gasteiger partial charge in [-0.15, -0.1) is 0 Å². The zero-order chi connectivity index (χ0) is 8.53. The molecule has 1 rings (SSSR count). The highest BCUT2D eigenvalue weighted by Gasteiger charge is 2.06. The molecule has 1 heterocycles. The highest BCUT2D eigenvalue weighted by Crippen LogP contribution is 1.89. The molecule has 68 valence electrons. The number of methoxy groups -OCH3 is 1. The molecular weight excluding hydrogens is 140 g/mol. The monoisotopic (exact) mass is 160 g/mol. The first kappa shape index (κ1) is 10.9. The first-order chi connectivity index (χ1) is 5.43. The molecule has 3 nitrogen and oxygen atoms in total. The summed E-state index contributed by atoms with van der Waals surface area (Å²) in [5.41, 5.74) is 0. The lowest BCUT2D eigenvalue weighted by Gasteiger charge is -2.25. The maximum atomic E-state index is 4.98. The van der Waals surface area contributed by atoms with Crippen LogP contribution in [-0.2, 0) is 4.74 Å². The van der Waals surface area contributed by atoms with Crippen LogP contribution in [0.4, 0.5) is 0 Å². The summed E-state index contributed by atoms with van der Waals surface area (Å²) in [7, 11) is 1.74. The summed E-state index contributed by atoms with van der Waals surface area (Å²) < 4.78 is 4.98. The Balaban J connectivity index is 0.000000461. The van der Waals surface area contributed by atoms with Gasteiger partial charge in [0.15, 0.2) is 0 Å². The second-order valence-corrected chi connectivity index (χ2v) is 2.29. The Morgan fingerprint density at radius 2 is 1.82 bits per heavy atom. The van der Waals surface area contributed by atoms with E-state index in [0.717, 1.165) is 32.9 Å². The predicted octanol–water partition coefficient (Wildman–Crippen LogP) is 0.522. The van der Waals surface area contributed by atoms with Crippen LogP contribution in [0.25, 0.3) is 0 Å². The lowest BCUT2D eigenvalue weighted by molar-refractivity contribution is 0.0553. The van der Waals surface area contributed by atoms with Gasteiger partial charge in [-0.25, -0.2) is 0 Å². The Hall–Kier alpha value is -0.120. The highest BCUT2D eigenvalue weighted by molar-refractivity contribution is 4.63. The van der Waals surface area contributed by atoms with Crippen molar-refractivity contribution < 1.29 is 4.74 Å². The molecule has 0 aromatic heterocycles. The molecule has 1 saturated heterocycles. The van der Waals surface area contributed by atoms with Gasteiger partial charge in [0.1, 0.15) is 0 Å². The van der Waals surface area contributed by atoms with Gasteiger partial charge >= 0.3 is 0 Å². The van der Waals surface area contributed by atoms with E-state index in [1.807, 2.05) is 13.8 Å². The SMILES string of the molecule is CC.COCN1CCNCC1. The standard InChI is InChI=1S/C6H14N2O.C2H6/c1-9-6-8-4-2-7-3-5-8;1-2/h7H,2-6H2,1H3;1-2H3. The van der Waals surface area contributed by atoms with Crippen LogP contribution in [0.3, 0.4) is 0 Å². The summed E-state index contributed by atoms with van der Waals surface area (Å²) in [6.45, 7) is 9.22. The van der Waals surface area contributed by atoms with Crippen LogP contribution in [0, 0.1) is 0 Å². The molecule has 0 radical (unpaired) electrons. The minimum Gasteiger partial charge on any atom is -0.369 e. The lowest BCUT2D eigenvalue weighted by atomic mass is 10.4. The smallest absolute Gasteiger partial charge is 0.0987 e. The third-order valence-electron chi connectivity index (χ3n) is 1.52. The fourth-order valence-electron chi connectivity index (χ4n) is 1.02. The van der Waals surface area contributed by atoms with Gasteiger partial charge in [-0.3, -0.25) is 4.90 Å². The first-order valence-corrected chi connectivity index (χ1v) is 4.35. The molecule has 1 aliphatic rings. The molecule has 1 fully saturated rings. The first-order valence-electron chi connectivity index (χ1n) is 4.35. The Kier molecular flexibility index (Phi) is 7.89. The van der Waals surface area contributed by atoms with Gasteiger partial charge in [0.25, 0.3) is 0 Å². The Morgan fingerprint density at radius 1 is 1.27 bits per heavy atom. The van der Waals surface area contributed by atoms with Gasteiger partial charge in [-0.2, -0.15) is 0 Å². The van der Waals surface area contributed by atoms with E-state index in [1.54, 1.807) is 7.11 Å². The highest BCUT2D eigenvalue weighted by atomic mass is 16.5. The molecular formula is C8H20N2O. The summed E-state index contributed by atoms with van der Waals surface area (Å²) in [6, 6.07) is 0. The van der Waals surface area contributed by atoms with Crippen molar-refractivity contribution >= 4 is 0 Å². The third kappa shape index (κ3) is 5.18. The van der Waals surface area contributed by atoms with Gasteiger partial charge in [-0.05, 0) is 0 Å². The maximum absolute atomic E-state index is 4.98. The normalized spacial score (nSPS) is 18.8. The van der Waals surface area contributed by atoms with Crippen molar-refractivity contribution in [3.05, 3.63) is 0 Å². The van der Waals surface area contributed by atoms with Gasteiger partial charge in [0.2, 0.25) is 0 Å². The molecule has 0 atom stereocenters. The van der Waals surface area contributed by atoms with Gasteiger partial charge in [0.05, 0.1) is 6.73 Å². The van der Waals surface area contributed by atoms with E-state index < -0.39 is 0 Å². The number of nitrogens with one attached hydrogen (secondary N) is 1. The average molecular weight is 160 g/mol. The Bertz CT molecular complexity index is 69.7. The molecule has 0 spiro atoms. The molecule has 0 amide bonds. The molecule has 11 heavy (non-hydrogen) atoms. The predicted molar refractivity (Wildman–Crippen MR) is 47.7 cm³/mol. The number of hydrogen-bond acceptors (Lipinski definition) is 3. The summed E-state index contributed by atoms with van der Waals surface area (Å²) >= 11 is 0. The van der Waals surface area contributed by atoms with Gasteiger partial charge < -0.3 is 10.1 Å². The van der Waals surface area contributed by atoms with Crippen LogP contribution in [0.5, 0.6) is 0 Å². The van der Waals surface area contributed by atoms with Crippen LogP contribution >= 0.6 is 0 Å². The zero-order valence-electron chi connectivity index (χ0n) is 7.89. The van der Waals surface area contributed by atoms with Crippen molar-refractivity contribution in [1.29, 1.82) is 0 Å². The number of nitrogens with zero attached hydrogens (tertiary/aromatic N) is 1. The molecule has 1 N–H and O–H groups in total. The van der Waals surface area contributed by atoms with E-state index >= 15 is 0 Å². The second-order valence-electron chi connectivity index (χ2n) is 2.29. The summed E-state index contributed by atoms with van der Waals surface area (Å²) in [4.78, 5) is 2.29. The van der Waals surface area contributed by atoms with E-state index in [0.29, 0.717) is 0 Å². The number of ether oxygens (including phenoxy) is 1. The minimum absolute atomic E-state index is 0.779. The van der Waals surface area contributed by atoms with Crippen molar-refractivity contribution in [3.8, 4) is 0 Å². The lowest BCUT2D eigenvalue weighted by Crippen LogP contribution is -2.44.